The van der Waals surface area contributed by atoms with E-state index in [1.54, 1.807) is 0 Å². The van der Waals surface area contributed by atoms with E-state index in [1.807, 2.05) is 0 Å². The van der Waals surface area contributed by atoms with Gasteiger partial charge < -0.3 is 25.2 Å². The number of hydrogen-bond acceptors (Lipinski definition) is 7. The number of nitrogens with two attached hydrogens (primary N) is 1. The maximum absolute atomic E-state index is 12.9. The van der Waals surface area contributed by atoms with Crippen molar-refractivity contribution < 1.29 is 32.7 Å². The molecular formula is C9H14F2N5O5P. The molecule has 124 valence electrons. The molecule has 3 atom stereocenters. The molecule has 0 spiro atoms. The van der Waals surface area contributed by atoms with Crippen LogP contribution in [0.25, 0.3) is 0 Å². The van der Waals surface area contributed by atoms with E-state index in [-0.39, 0.29) is 5.96 Å². The van der Waals surface area contributed by atoms with Crippen molar-refractivity contribution in [1.29, 1.82) is 0 Å². The Morgan fingerprint density at radius 2 is 2.23 bits per heavy atom. The summed E-state index contributed by atoms with van der Waals surface area (Å²) in [5, 5.41) is 2.26. The van der Waals surface area contributed by atoms with Crippen molar-refractivity contribution in [3.8, 4) is 0 Å². The van der Waals surface area contributed by atoms with Gasteiger partial charge in [0.2, 0.25) is 0 Å². The number of rotatable bonds is 6. The summed E-state index contributed by atoms with van der Waals surface area (Å²) in [6, 6.07) is -0.910. The predicted molar refractivity (Wildman–Crippen MR) is 70.3 cm³/mol. The number of carbonyl (C=O) groups excluding carboxylic acids is 1. The lowest BCUT2D eigenvalue weighted by atomic mass is 10.2. The van der Waals surface area contributed by atoms with E-state index in [9.17, 15) is 18.1 Å². The zero-order valence-corrected chi connectivity index (χ0v) is 11.9. The van der Waals surface area contributed by atoms with E-state index in [0.29, 0.717) is 0 Å². The fourth-order valence-electron chi connectivity index (χ4n) is 1.97. The van der Waals surface area contributed by atoms with Gasteiger partial charge in [0.15, 0.2) is 18.2 Å². The highest BCUT2D eigenvalue weighted by atomic mass is 31.2. The van der Waals surface area contributed by atoms with E-state index in [0.717, 1.165) is 6.34 Å². The van der Waals surface area contributed by atoms with Gasteiger partial charge in [0, 0.05) is 0 Å². The number of carbonyl (C=O) groups is 1. The Balaban J connectivity index is 2.04. The Bertz CT molecular complexity index is 553. The Morgan fingerprint density at radius 3 is 2.82 bits per heavy atom. The van der Waals surface area contributed by atoms with Gasteiger partial charge in [-0.2, -0.15) is 0 Å². The summed E-state index contributed by atoms with van der Waals surface area (Å²) < 4.78 is 41.1. The molecule has 0 aromatic heterocycles. The van der Waals surface area contributed by atoms with Gasteiger partial charge in [0.05, 0.1) is 12.9 Å². The average molecular weight is 341 g/mol. The highest BCUT2D eigenvalue weighted by Gasteiger charge is 2.41. The van der Waals surface area contributed by atoms with Crippen LogP contribution in [0.15, 0.2) is 9.98 Å². The van der Waals surface area contributed by atoms with Crippen LogP contribution in [0.5, 0.6) is 0 Å². The minimum Gasteiger partial charge on any atom is -0.370 e. The molecule has 0 aromatic carbocycles. The lowest BCUT2D eigenvalue weighted by Gasteiger charge is -2.30. The second-order valence-electron chi connectivity index (χ2n) is 4.66. The number of aliphatic imine (C=N–C) groups is 2. The van der Waals surface area contributed by atoms with Crippen LogP contribution in [0.4, 0.5) is 8.78 Å². The average Bonchev–Trinajstić information content (AvgIpc) is 2.76. The molecule has 2 heterocycles. The first-order valence-electron chi connectivity index (χ1n) is 6.05. The molecule has 13 heteroatoms. The second kappa shape index (κ2) is 6.24. The molecule has 2 rings (SSSR count). The molecule has 3 unspecified atom stereocenters. The Kier molecular flexibility index (Phi) is 4.75. The summed E-state index contributed by atoms with van der Waals surface area (Å²) in [6.45, 7) is -0.452. The van der Waals surface area contributed by atoms with Crippen LogP contribution in [0, 0.1) is 0 Å². The molecule has 0 bridgehead atoms. The van der Waals surface area contributed by atoms with Gasteiger partial charge in [-0.3, -0.25) is 19.7 Å². The molecule has 0 radical (unpaired) electrons. The molecule has 0 fully saturated rings. The molecule has 10 nitrogen and oxygen atoms in total. The van der Waals surface area contributed by atoms with Crippen LogP contribution in [-0.2, 0) is 14.1 Å². The minimum absolute atomic E-state index is 0.161. The summed E-state index contributed by atoms with van der Waals surface area (Å²) in [5.74, 6) is -0.674. The number of alkyl halides is 2. The summed E-state index contributed by atoms with van der Waals surface area (Å²) in [4.78, 5) is 37.9. The standard InChI is InChI=1S/C9H14F2N5O5P/c10-6(11)4(21-3-22(18,19)20)1-16-2-13-5-7(16)14-9(12)15-8(5)17/h2,4-7H,1,3H2,(H2,18,19,20)(H3,12,14,15,17). The monoisotopic (exact) mass is 341 g/mol. The number of nitrogens with zero attached hydrogens (tertiary/aromatic N) is 3. The quantitative estimate of drug-likeness (QED) is 0.419. The molecule has 0 saturated carbocycles. The van der Waals surface area contributed by atoms with Crippen molar-refractivity contribution in [2.45, 2.75) is 24.7 Å². The van der Waals surface area contributed by atoms with Crippen molar-refractivity contribution in [3.63, 3.8) is 0 Å². The van der Waals surface area contributed by atoms with Crippen molar-refractivity contribution >= 4 is 25.8 Å². The van der Waals surface area contributed by atoms with Crippen molar-refractivity contribution in [2.75, 3.05) is 12.9 Å². The molecular weight excluding hydrogens is 327 g/mol. The molecule has 2 aliphatic heterocycles. The maximum atomic E-state index is 12.9. The van der Waals surface area contributed by atoms with Crippen molar-refractivity contribution in [1.82, 2.24) is 10.2 Å². The number of halogens is 2. The van der Waals surface area contributed by atoms with Gasteiger partial charge in [-0.25, -0.2) is 13.8 Å². The Morgan fingerprint density at radius 1 is 1.55 bits per heavy atom. The van der Waals surface area contributed by atoms with Crippen LogP contribution >= 0.6 is 7.60 Å². The summed E-state index contributed by atoms with van der Waals surface area (Å²) in [5.41, 5.74) is 5.40. The zero-order chi connectivity index (χ0) is 16.5. The van der Waals surface area contributed by atoms with E-state index < -0.39 is 51.1 Å². The smallest absolute Gasteiger partial charge is 0.350 e. The third-order valence-corrected chi connectivity index (χ3v) is 3.40. The number of amides is 1. The number of nitrogens with one attached hydrogen (secondary N) is 1. The summed E-state index contributed by atoms with van der Waals surface area (Å²) >= 11 is 0. The Labute approximate surface area is 123 Å². The Hall–Kier alpha value is -1.62. The van der Waals surface area contributed by atoms with Crippen LogP contribution < -0.4 is 11.1 Å². The van der Waals surface area contributed by atoms with Gasteiger partial charge in [0.1, 0.15) is 12.5 Å². The van der Waals surface area contributed by atoms with Crippen LogP contribution in [0.3, 0.4) is 0 Å². The number of ether oxygens (including phenoxy) is 1. The first-order valence-corrected chi connectivity index (χ1v) is 7.84. The minimum atomic E-state index is -4.57. The summed E-state index contributed by atoms with van der Waals surface area (Å²) in [6.07, 6.45) is -5.62. The molecule has 5 N–H and O–H groups in total. The van der Waals surface area contributed by atoms with Gasteiger partial charge >= 0.3 is 7.60 Å². The van der Waals surface area contributed by atoms with Crippen molar-refractivity contribution in [3.05, 3.63) is 0 Å². The van der Waals surface area contributed by atoms with Gasteiger partial charge in [-0.15, -0.1) is 0 Å². The van der Waals surface area contributed by atoms with E-state index in [1.165, 1.54) is 4.90 Å². The van der Waals surface area contributed by atoms with Gasteiger partial charge in [0.25, 0.3) is 12.3 Å². The molecule has 1 amide bonds. The van der Waals surface area contributed by atoms with E-state index >= 15 is 0 Å². The van der Waals surface area contributed by atoms with Gasteiger partial charge in [-0.1, -0.05) is 0 Å². The molecule has 2 aliphatic rings. The molecule has 0 aliphatic carbocycles. The first kappa shape index (κ1) is 16.7. The maximum Gasteiger partial charge on any atom is 0.350 e. The fraction of sp³-hybridized carbons (Fsp3) is 0.667. The SMILES string of the molecule is NC1=NC2C(N=CN2CC(OCP(=O)(O)O)C(F)F)C(=O)N1. The lowest BCUT2D eigenvalue weighted by Crippen LogP contribution is -2.55. The van der Waals surface area contributed by atoms with Crippen molar-refractivity contribution in [2.24, 2.45) is 15.7 Å². The predicted octanol–water partition coefficient (Wildman–Crippen LogP) is -1.74. The topological polar surface area (TPSA) is 150 Å². The van der Waals surface area contributed by atoms with E-state index in [2.05, 4.69) is 20.0 Å². The van der Waals surface area contributed by atoms with Crippen LogP contribution in [0.2, 0.25) is 0 Å². The van der Waals surface area contributed by atoms with Gasteiger partial charge in [-0.05, 0) is 0 Å². The number of guanidine groups is 1. The first-order chi connectivity index (χ1) is 10.2. The zero-order valence-electron chi connectivity index (χ0n) is 11.0. The fourth-order valence-corrected chi connectivity index (χ4v) is 2.35. The molecule has 0 aromatic rings. The molecule has 22 heavy (non-hydrogen) atoms. The van der Waals surface area contributed by atoms with Crippen LogP contribution in [-0.4, -0.2) is 70.5 Å². The van der Waals surface area contributed by atoms with E-state index in [4.69, 9.17) is 15.5 Å². The third kappa shape index (κ3) is 3.97. The lowest BCUT2D eigenvalue weighted by molar-refractivity contribution is -0.122. The normalized spacial score (nSPS) is 26.0. The highest BCUT2D eigenvalue weighted by molar-refractivity contribution is 7.51. The molecule has 0 saturated heterocycles. The highest BCUT2D eigenvalue weighted by Crippen LogP contribution is 2.35. The number of fused-ring (bicyclic) bond motifs is 1. The largest absolute Gasteiger partial charge is 0.370 e. The number of hydrogen-bond donors (Lipinski definition) is 4. The summed E-state index contributed by atoms with van der Waals surface area (Å²) in [7, 11) is -4.57. The van der Waals surface area contributed by atoms with Crippen LogP contribution in [0.1, 0.15) is 0 Å². The third-order valence-electron chi connectivity index (χ3n) is 2.92. The second-order valence-corrected chi connectivity index (χ2v) is 6.24.